The number of benzene rings is 2. The molecule has 1 fully saturated rings. The largest absolute Gasteiger partial charge is 0.493 e. The van der Waals surface area contributed by atoms with Crippen molar-refractivity contribution in [2.45, 2.75) is 33.2 Å². The lowest BCUT2D eigenvalue weighted by Crippen LogP contribution is -2.04. The Kier molecular flexibility index (Phi) is 4.88. The van der Waals surface area contributed by atoms with Gasteiger partial charge in [0, 0.05) is 29.2 Å². The molecule has 0 amide bonds. The van der Waals surface area contributed by atoms with E-state index in [4.69, 9.17) is 9.47 Å². The van der Waals surface area contributed by atoms with Crippen molar-refractivity contribution in [1.29, 1.82) is 0 Å². The molecule has 1 aromatic heterocycles. The van der Waals surface area contributed by atoms with Crippen LogP contribution in [-0.4, -0.2) is 23.8 Å². The standard InChI is InChI=1S/C23H25NO3/c1-3-24-14-21(17-7-10-19(11-8-17)27-15-16-5-6-16)20-13-18(9-12-22(20)24)23(25)26-4-2/h7-14,16H,3-6,15H2,1-2H3. The maximum Gasteiger partial charge on any atom is 0.338 e. The quantitative estimate of drug-likeness (QED) is 0.535. The molecule has 4 nitrogen and oxygen atoms in total. The van der Waals surface area contributed by atoms with Crippen molar-refractivity contribution in [1.82, 2.24) is 4.57 Å². The lowest BCUT2D eigenvalue weighted by atomic mass is 10.0. The highest BCUT2D eigenvalue weighted by molar-refractivity contribution is 6.01. The third-order valence-corrected chi connectivity index (χ3v) is 5.08. The number of nitrogens with zero attached hydrogens (tertiary/aromatic N) is 1. The summed E-state index contributed by atoms with van der Waals surface area (Å²) in [4.78, 5) is 12.1. The normalized spacial score (nSPS) is 13.7. The predicted molar refractivity (Wildman–Crippen MR) is 107 cm³/mol. The van der Waals surface area contributed by atoms with Gasteiger partial charge in [0.15, 0.2) is 0 Å². The molecule has 0 unspecified atom stereocenters. The fraction of sp³-hybridized carbons (Fsp3) is 0.348. The van der Waals surface area contributed by atoms with Crippen LogP contribution in [0.3, 0.4) is 0 Å². The van der Waals surface area contributed by atoms with E-state index in [2.05, 4.69) is 29.8 Å². The van der Waals surface area contributed by atoms with E-state index in [0.29, 0.717) is 12.2 Å². The van der Waals surface area contributed by atoms with Crippen LogP contribution in [0.25, 0.3) is 22.0 Å². The van der Waals surface area contributed by atoms with E-state index in [-0.39, 0.29) is 5.97 Å². The van der Waals surface area contributed by atoms with E-state index in [1.165, 1.54) is 12.8 Å². The summed E-state index contributed by atoms with van der Waals surface area (Å²) in [6, 6.07) is 14.0. The van der Waals surface area contributed by atoms with Crippen molar-refractivity contribution in [2.75, 3.05) is 13.2 Å². The van der Waals surface area contributed by atoms with Crippen molar-refractivity contribution >= 4 is 16.9 Å². The SMILES string of the molecule is CCOC(=O)c1ccc2c(c1)c(-c1ccc(OCC3CC3)cc1)cn2CC. The van der Waals surface area contributed by atoms with Gasteiger partial charge in [0.1, 0.15) is 5.75 Å². The first-order chi connectivity index (χ1) is 13.2. The van der Waals surface area contributed by atoms with Crippen LogP contribution in [0.5, 0.6) is 5.75 Å². The second-order valence-corrected chi connectivity index (χ2v) is 7.06. The molecule has 0 N–H and O–H groups in total. The van der Waals surface area contributed by atoms with Crippen LogP contribution in [0, 0.1) is 5.92 Å². The maximum absolute atomic E-state index is 12.1. The molecule has 2 aromatic carbocycles. The predicted octanol–water partition coefficient (Wildman–Crippen LogP) is 5.29. The molecule has 1 aliphatic rings. The fourth-order valence-electron chi connectivity index (χ4n) is 3.36. The first-order valence-electron chi connectivity index (χ1n) is 9.72. The Morgan fingerprint density at radius 1 is 1.11 bits per heavy atom. The van der Waals surface area contributed by atoms with E-state index in [9.17, 15) is 4.79 Å². The van der Waals surface area contributed by atoms with E-state index >= 15 is 0 Å². The molecule has 0 aliphatic heterocycles. The smallest absolute Gasteiger partial charge is 0.338 e. The second-order valence-electron chi connectivity index (χ2n) is 7.06. The molecule has 1 saturated carbocycles. The Morgan fingerprint density at radius 2 is 1.89 bits per heavy atom. The zero-order chi connectivity index (χ0) is 18.8. The Morgan fingerprint density at radius 3 is 2.56 bits per heavy atom. The highest BCUT2D eigenvalue weighted by Crippen LogP contribution is 2.33. The van der Waals surface area contributed by atoms with Crippen LogP contribution < -0.4 is 4.74 Å². The monoisotopic (exact) mass is 363 g/mol. The molecular weight excluding hydrogens is 338 g/mol. The molecule has 140 valence electrons. The van der Waals surface area contributed by atoms with Gasteiger partial charge in [0.05, 0.1) is 18.8 Å². The minimum Gasteiger partial charge on any atom is -0.493 e. The highest BCUT2D eigenvalue weighted by Gasteiger charge is 2.22. The summed E-state index contributed by atoms with van der Waals surface area (Å²) in [6.07, 6.45) is 4.73. The molecule has 0 saturated heterocycles. The van der Waals surface area contributed by atoms with E-state index < -0.39 is 0 Å². The number of carbonyl (C=O) groups excluding carboxylic acids is 1. The van der Waals surface area contributed by atoms with Crippen molar-refractivity contribution < 1.29 is 14.3 Å². The molecule has 3 aromatic rings. The summed E-state index contributed by atoms with van der Waals surface area (Å²) < 4.78 is 13.2. The van der Waals surface area contributed by atoms with Gasteiger partial charge in [-0.15, -0.1) is 0 Å². The number of rotatable bonds is 7. The molecule has 0 atom stereocenters. The third-order valence-electron chi connectivity index (χ3n) is 5.08. The summed E-state index contributed by atoms with van der Waals surface area (Å²) in [5, 5.41) is 1.06. The first kappa shape index (κ1) is 17.7. The number of hydrogen-bond acceptors (Lipinski definition) is 3. The maximum atomic E-state index is 12.1. The highest BCUT2D eigenvalue weighted by atomic mass is 16.5. The molecule has 4 rings (SSSR count). The van der Waals surface area contributed by atoms with Gasteiger partial charge >= 0.3 is 5.97 Å². The molecule has 4 heteroatoms. The van der Waals surface area contributed by atoms with Crippen molar-refractivity contribution in [3.05, 3.63) is 54.2 Å². The van der Waals surface area contributed by atoms with Gasteiger partial charge in [-0.05, 0) is 68.5 Å². The molecule has 0 bridgehead atoms. The van der Waals surface area contributed by atoms with Crippen molar-refractivity contribution in [3.63, 3.8) is 0 Å². The summed E-state index contributed by atoms with van der Waals surface area (Å²) in [5.74, 6) is 1.38. The number of ether oxygens (including phenoxy) is 2. The van der Waals surface area contributed by atoms with Crippen LogP contribution in [0.4, 0.5) is 0 Å². The van der Waals surface area contributed by atoms with Gasteiger partial charge in [-0.3, -0.25) is 0 Å². The zero-order valence-electron chi connectivity index (χ0n) is 15.9. The fourth-order valence-corrected chi connectivity index (χ4v) is 3.36. The number of carbonyl (C=O) groups is 1. The van der Waals surface area contributed by atoms with E-state index in [0.717, 1.165) is 46.8 Å². The molecule has 0 radical (unpaired) electrons. The molecule has 1 heterocycles. The van der Waals surface area contributed by atoms with Crippen LogP contribution in [0.15, 0.2) is 48.7 Å². The van der Waals surface area contributed by atoms with Gasteiger partial charge in [-0.2, -0.15) is 0 Å². The van der Waals surface area contributed by atoms with Crippen molar-refractivity contribution in [3.8, 4) is 16.9 Å². The number of fused-ring (bicyclic) bond motifs is 1. The zero-order valence-corrected chi connectivity index (χ0v) is 15.9. The van der Waals surface area contributed by atoms with E-state index in [1.807, 2.05) is 37.3 Å². The molecule has 1 aliphatic carbocycles. The van der Waals surface area contributed by atoms with E-state index in [1.54, 1.807) is 0 Å². The van der Waals surface area contributed by atoms with Gasteiger partial charge in [-0.25, -0.2) is 4.79 Å². The first-order valence-corrected chi connectivity index (χ1v) is 9.72. The molecule has 0 spiro atoms. The minimum atomic E-state index is -0.279. The number of aromatic nitrogens is 1. The average molecular weight is 363 g/mol. The Bertz CT molecular complexity index is 952. The Balaban J connectivity index is 1.68. The van der Waals surface area contributed by atoms with Crippen molar-refractivity contribution in [2.24, 2.45) is 5.92 Å². The van der Waals surface area contributed by atoms with Crippen LogP contribution in [0.1, 0.15) is 37.0 Å². The number of hydrogen-bond donors (Lipinski definition) is 0. The average Bonchev–Trinajstić information content (AvgIpc) is 3.46. The Hall–Kier alpha value is -2.75. The second kappa shape index (κ2) is 7.47. The van der Waals surface area contributed by atoms with Gasteiger partial charge in [0.25, 0.3) is 0 Å². The van der Waals surface area contributed by atoms with Gasteiger partial charge in [0.2, 0.25) is 0 Å². The third kappa shape index (κ3) is 3.70. The summed E-state index contributed by atoms with van der Waals surface area (Å²) >= 11 is 0. The summed E-state index contributed by atoms with van der Waals surface area (Å²) in [7, 11) is 0. The molecular formula is C23H25NO3. The summed E-state index contributed by atoms with van der Waals surface area (Å²) in [5.41, 5.74) is 3.94. The topological polar surface area (TPSA) is 40.5 Å². The van der Waals surface area contributed by atoms with Gasteiger partial charge < -0.3 is 14.0 Å². The Labute approximate surface area is 159 Å². The van der Waals surface area contributed by atoms with Crippen LogP contribution in [-0.2, 0) is 11.3 Å². The minimum absolute atomic E-state index is 0.279. The van der Waals surface area contributed by atoms with Crippen LogP contribution >= 0.6 is 0 Å². The number of esters is 1. The lowest BCUT2D eigenvalue weighted by molar-refractivity contribution is 0.0526. The summed E-state index contributed by atoms with van der Waals surface area (Å²) in [6.45, 7) is 6.01. The molecule has 27 heavy (non-hydrogen) atoms. The van der Waals surface area contributed by atoms with Gasteiger partial charge in [-0.1, -0.05) is 12.1 Å². The number of aryl methyl sites for hydroxylation is 1. The van der Waals surface area contributed by atoms with Crippen LogP contribution in [0.2, 0.25) is 0 Å². The lowest BCUT2D eigenvalue weighted by Gasteiger charge is -2.07.